The molecule has 2 aromatic rings. The Labute approximate surface area is 159 Å². The van der Waals surface area contributed by atoms with E-state index in [-0.39, 0.29) is 0 Å². The highest BCUT2D eigenvalue weighted by Gasteiger charge is 2.18. The van der Waals surface area contributed by atoms with E-state index in [1.807, 2.05) is 27.7 Å². The molecule has 2 aliphatic heterocycles. The predicted molar refractivity (Wildman–Crippen MR) is 117 cm³/mol. The van der Waals surface area contributed by atoms with Crippen LogP contribution in [0.2, 0.25) is 0 Å². The van der Waals surface area contributed by atoms with Gasteiger partial charge in [0.1, 0.15) is 0 Å². The Balaban J connectivity index is 0.000000570. The fourth-order valence-corrected chi connectivity index (χ4v) is 3.39. The van der Waals surface area contributed by atoms with Gasteiger partial charge < -0.3 is 4.90 Å². The van der Waals surface area contributed by atoms with E-state index in [0.29, 0.717) is 6.54 Å². The Kier molecular flexibility index (Phi) is 7.65. The Morgan fingerprint density at radius 2 is 1.38 bits per heavy atom. The van der Waals surface area contributed by atoms with E-state index in [4.69, 9.17) is 4.99 Å². The summed E-state index contributed by atoms with van der Waals surface area (Å²) in [6, 6.07) is 17.3. The summed E-state index contributed by atoms with van der Waals surface area (Å²) >= 11 is 0. The number of hydrogen-bond donors (Lipinski definition) is 0. The van der Waals surface area contributed by atoms with Gasteiger partial charge in [0, 0.05) is 29.9 Å². The normalized spacial score (nSPS) is 15.2. The lowest BCUT2D eigenvalue weighted by atomic mass is 9.91. The van der Waals surface area contributed by atoms with Crippen molar-refractivity contribution in [2.24, 2.45) is 4.99 Å². The van der Waals surface area contributed by atoms with Gasteiger partial charge in [-0.05, 0) is 36.1 Å². The molecule has 0 N–H and O–H groups in total. The second-order valence-corrected chi connectivity index (χ2v) is 6.06. The molecule has 2 heterocycles. The van der Waals surface area contributed by atoms with Crippen LogP contribution in [0.5, 0.6) is 0 Å². The summed E-state index contributed by atoms with van der Waals surface area (Å²) in [7, 11) is 0. The highest BCUT2D eigenvalue weighted by atomic mass is 15.1. The van der Waals surface area contributed by atoms with Crippen LogP contribution in [0.15, 0.2) is 60.1 Å². The zero-order valence-corrected chi connectivity index (χ0v) is 16.8. The summed E-state index contributed by atoms with van der Waals surface area (Å²) in [5.74, 6) is 0. The summed E-state index contributed by atoms with van der Waals surface area (Å²) in [6.45, 7) is 15.2. The molecule has 0 spiro atoms. The number of hydrogen-bond acceptors (Lipinski definition) is 2. The molecular weight excluding hydrogens is 316 g/mol. The highest BCUT2D eigenvalue weighted by Crippen LogP contribution is 2.27. The molecule has 4 rings (SSSR count). The minimum atomic E-state index is 0.695. The van der Waals surface area contributed by atoms with Crippen LogP contribution in [0, 0.1) is 0 Å². The molecule has 0 aromatic heterocycles. The van der Waals surface area contributed by atoms with Crippen LogP contribution in [0.25, 0.3) is 5.57 Å². The molecule has 0 unspecified atom stereocenters. The number of fused-ring (bicyclic) bond motifs is 1. The third-order valence-electron chi connectivity index (χ3n) is 4.60. The second kappa shape index (κ2) is 9.96. The van der Waals surface area contributed by atoms with Gasteiger partial charge >= 0.3 is 0 Å². The maximum Gasteiger partial charge on any atom is 0.0729 e. The molecule has 138 valence electrons. The van der Waals surface area contributed by atoms with Gasteiger partial charge in [-0.25, -0.2) is 0 Å². The van der Waals surface area contributed by atoms with Crippen molar-refractivity contribution in [1.82, 2.24) is 0 Å². The summed E-state index contributed by atoms with van der Waals surface area (Å²) in [5, 5.41) is 0. The lowest BCUT2D eigenvalue weighted by Gasteiger charge is -2.21. The van der Waals surface area contributed by atoms with Crippen LogP contribution < -0.4 is 4.90 Å². The van der Waals surface area contributed by atoms with Crippen LogP contribution in [0.3, 0.4) is 0 Å². The van der Waals surface area contributed by atoms with E-state index in [2.05, 4.69) is 60.0 Å². The van der Waals surface area contributed by atoms with E-state index in [1.165, 1.54) is 48.3 Å². The van der Waals surface area contributed by atoms with Gasteiger partial charge in [0.05, 0.1) is 12.3 Å². The molecule has 2 aliphatic rings. The van der Waals surface area contributed by atoms with Crippen LogP contribution >= 0.6 is 0 Å². The molecule has 1 fully saturated rings. The molecule has 0 radical (unpaired) electrons. The molecule has 2 heteroatoms. The molecule has 0 amide bonds. The van der Waals surface area contributed by atoms with Crippen molar-refractivity contribution >= 4 is 17.0 Å². The van der Waals surface area contributed by atoms with Crippen molar-refractivity contribution < 1.29 is 0 Å². The summed E-state index contributed by atoms with van der Waals surface area (Å²) in [5.41, 5.74) is 7.16. The Morgan fingerprint density at radius 1 is 0.808 bits per heavy atom. The van der Waals surface area contributed by atoms with Gasteiger partial charge in [-0.2, -0.15) is 0 Å². The average Bonchev–Trinajstić information content (AvgIpc) is 3.27. The minimum absolute atomic E-state index is 0.695. The third kappa shape index (κ3) is 4.24. The quantitative estimate of drug-likeness (QED) is 0.630. The highest BCUT2D eigenvalue weighted by molar-refractivity contribution is 6.16. The van der Waals surface area contributed by atoms with Crippen LogP contribution in [-0.2, 0) is 0 Å². The lowest BCUT2D eigenvalue weighted by molar-refractivity contribution is 0.949. The first kappa shape index (κ1) is 20.0. The first-order chi connectivity index (χ1) is 12.8. The number of aliphatic imine (C=N–C) groups is 1. The third-order valence-corrected chi connectivity index (χ3v) is 4.60. The van der Waals surface area contributed by atoms with Crippen LogP contribution in [0.1, 0.15) is 57.2 Å². The van der Waals surface area contributed by atoms with Crippen molar-refractivity contribution in [2.45, 2.75) is 40.5 Å². The van der Waals surface area contributed by atoms with Gasteiger partial charge in [0.15, 0.2) is 0 Å². The van der Waals surface area contributed by atoms with E-state index >= 15 is 0 Å². The maximum absolute atomic E-state index is 4.75. The standard InChI is InChI=1S/C20H20N2.2C2H6/c1-15-14-21-20(19-7-3-2-6-18(15)19)16-8-10-17(11-9-16)22-12-4-5-13-22;2*1-2/h2-3,6-11H,1,4-5,12-14H2;2*1-2H3. The first-order valence-electron chi connectivity index (χ1n) is 10.0. The summed E-state index contributed by atoms with van der Waals surface area (Å²) in [6.07, 6.45) is 2.62. The number of benzene rings is 2. The van der Waals surface area contributed by atoms with Crippen molar-refractivity contribution in [3.8, 4) is 0 Å². The van der Waals surface area contributed by atoms with Crippen LogP contribution in [0.4, 0.5) is 5.69 Å². The molecular formula is C24H32N2. The van der Waals surface area contributed by atoms with E-state index < -0.39 is 0 Å². The Morgan fingerprint density at radius 3 is 2.00 bits per heavy atom. The summed E-state index contributed by atoms with van der Waals surface area (Å²) in [4.78, 5) is 7.21. The average molecular weight is 349 g/mol. The van der Waals surface area contributed by atoms with E-state index in [9.17, 15) is 0 Å². The molecule has 0 saturated carbocycles. The van der Waals surface area contributed by atoms with Gasteiger partial charge in [-0.15, -0.1) is 0 Å². The zero-order chi connectivity index (χ0) is 18.9. The number of rotatable bonds is 2. The molecule has 1 saturated heterocycles. The Hall–Kier alpha value is -2.35. The molecule has 0 bridgehead atoms. The van der Waals surface area contributed by atoms with Crippen molar-refractivity contribution in [3.05, 3.63) is 71.8 Å². The number of anilines is 1. The van der Waals surface area contributed by atoms with Crippen molar-refractivity contribution in [1.29, 1.82) is 0 Å². The SMILES string of the molecule is C=C1CN=C(c2ccc(N3CCCC3)cc2)c2ccccc21.CC.CC. The van der Waals surface area contributed by atoms with Gasteiger partial charge in [-0.3, -0.25) is 4.99 Å². The predicted octanol–water partition coefficient (Wildman–Crippen LogP) is 6.20. The minimum Gasteiger partial charge on any atom is -0.372 e. The Bertz CT molecular complexity index is 735. The topological polar surface area (TPSA) is 15.6 Å². The lowest BCUT2D eigenvalue weighted by Crippen LogP contribution is -2.18. The van der Waals surface area contributed by atoms with Gasteiger partial charge in [0.2, 0.25) is 0 Å². The van der Waals surface area contributed by atoms with Gasteiger partial charge in [-0.1, -0.05) is 70.7 Å². The number of nitrogens with zero attached hydrogens (tertiary/aromatic N) is 2. The maximum atomic E-state index is 4.75. The smallest absolute Gasteiger partial charge is 0.0729 e. The van der Waals surface area contributed by atoms with Crippen LogP contribution in [-0.4, -0.2) is 25.3 Å². The van der Waals surface area contributed by atoms with Gasteiger partial charge in [0.25, 0.3) is 0 Å². The van der Waals surface area contributed by atoms with Crippen molar-refractivity contribution in [2.75, 3.05) is 24.5 Å². The second-order valence-electron chi connectivity index (χ2n) is 6.06. The molecule has 2 nitrogen and oxygen atoms in total. The largest absolute Gasteiger partial charge is 0.372 e. The molecule has 2 aromatic carbocycles. The molecule has 26 heavy (non-hydrogen) atoms. The fourth-order valence-electron chi connectivity index (χ4n) is 3.39. The van der Waals surface area contributed by atoms with E-state index in [1.54, 1.807) is 0 Å². The molecule has 0 aliphatic carbocycles. The van der Waals surface area contributed by atoms with E-state index in [0.717, 1.165) is 11.3 Å². The fraction of sp³-hybridized carbons (Fsp3) is 0.375. The first-order valence-corrected chi connectivity index (χ1v) is 10.0. The molecule has 0 atom stereocenters. The summed E-state index contributed by atoms with van der Waals surface area (Å²) < 4.78 is 0. The zero-order valence-electron chi connectivity index (χ0n) is 16.8. The van der Waals surface area contributed by atoms with Crippen molar-refractivity contribution in [3.63, 3.8) is 0 Å². The monoisotopic (exact) mass is 348 g/mol.